The van der Waals surface area contributed by atoms with Crippen LogP contribution in [0.15, 0.2) is 40.9 Å². The predicted molar refractivity (Wildman–Crippen MR) is 79.8 cm³/mol. The van der Waals surface area contributed by atoms with Crippen LogP contribution in [0.2, 0.25) is 5.02 Å². The molecule has 2 aromatic carbocycles. The van der Waals surface area contributed by atoms with Crippen LogP contribution in [0, 0.1) is 0 Å². The third kappa shape index (κ3) is 2.89. The lowest BCUT2D eigenvalue weighted by Gasteiger charge is -2.12. The molecule has 0 heterocycles. The fourth-order valence-electron chi connectivity index (χ4n) is 1.51. The first-order valence-electron chi connectivity index (χ1n) is 5.26. The van der Waals surface area contributed by atoms with E-state index in [1.807, 2.05) is 30.3 Å². The van der Waals surface area contributed by atoms with Crippen LogP contribution in [0.1, 0.15) is 0 Å². The van der Waals surface area contributed by atoms with Gasteiger partial charge in [-0.05, 0) is 46.3 Å². The summed E-state index contributed by atoms with van der Waals surface area (Å²) in [5, 5.41) is 3.90. The van der Waals surface area contributed by atoms with Crippen molar-refractivity contribution in [1.29, 1.82) is 0 Å². The topological polar surface area (TPSA) is 47.3 Å². The maximum Gasteiger partial charge on any atom is 0.121 e. The molecule has 18 heavy (non-hydrogen) atoms. The van der Waals surface area contributed by atoms with Gasteiger partial charge in [-0.3, -0.25) is 0 Å². The number of halogens is 2. The molecule has 0 bridgehead atoms. The van der Waals surface area contributed by atoms with E-state index in [2.05, 4.69) is 21.2 Å². The van der Waals surface area contributed by atoms with E-state index < -0.39 is 0 Å². The lowest BCUT2D eigenvalue weighted by atomic mass is 10.2. The summed E-state index contributed by atoms with van der Waals surface area (Å²) in [7, 11) is 1.62. The Balaban J connectivity index is 2.33. The summed E-state index contributed by atoms with van der Waals surface area (Å²) in [6, 6.07) is 11.0. The van der Waals surface area contributed by atoms with Crippen molar-refractivity contribution in [2.45, 2.75) is 0 Å². The molecule has 3 nitrogen and oxygen atoms in total. The van der Waals surface area contributed by atoms with Crippen molar-refractivity contribution in [3.05, 3.63) is 45.9 Å². The number of hydrogen-bond acceptors (Lipinski definition) is 3. The van der Waals surface area contributed by atoms with E-state index >= 15 is 0 Å². The zero-order valence-electron chi connectivity index (χ0n) is 9.71. The van der Waals surface area contributed by atoms with Gasteiger partial charge < -0.3 is 15.8 Å². The first kappa shape index (κ1) is 13.1. The summed E-state index contributed by atoms with van der Waals surface area (Å²) in [5.74, 6) is 0.747. The van der Waals surface area contributed by atoms with Gasteiger partial charge in [0.1, 0.15) is 5.75 Å². The monoisotopic (exact) mass is 326 g/mol. The van der Waals surface area contributed by atoms with Gasteiger partial charge in [0.15, 0.2) is 0 Å². The van der Waals surface area contributed by atoms with Gasteiger partial charge in [-0.1, -0.05) is 11.6 Å². The maximum absolute atomic E-state index is 5.91. The van der Waals surface area contributed by atoms with Gasteiger partial charge in [0, 0.05) is 15.6 Å². The normalized spacial score (nSPS) is 10.2. The second-order valence-electron chi connectivity index (χ2n) is 3.70. The van der Waals surface area contributed by atoms with Crippen LogP contribution in [0.25, 0.3) is 0 Å². The van der Waals surface area contributed by atoms with E-state index in [4.69, 9.17) is 22.1 Å². The molecule has 0 saturated carbocycles. The van der Waals surface area contributed by atoms with Gasteiger partial charge in [-0.2, -0.15) is 0 Å². The highest BCUT2D eigenvalue weighted by molar-refractivity contribution is 9.10. The second-order valence-corrected chi connectivity index (χ2v) is 4.99. The van der Waals surface area contributed by atoms with Crippen LogP contribution in [0.4, 0.5) is 17.1 Å². The van der Waals surface area contributed by atoms with E-state index in [9.17, 15) is 0 Å². The van der Waals surface area contributed by atoms with Crippen LogP contribution >= 0.6 is 27.5 Å². The quantitative estimate of drug-likeness (QED) is 0.819. The van der Waals surface area contributed by atoms with Gasteiger partial charge in [0.25, 0.3) is 0 Å². The highest BCUT2D eigenvalue weighted by Gasteiger charge is 2.05. The van der Waals surface area contributed by atoms with Gasteiger partial charge >= 0.3 is 0 Å². The molecule has 2 rings (SSSR count). The number of methoxy groups -OCH3 is 1. The average molecular weight is 328 g/mol. The summed E-state index contributed by atoms with van der Waals surface area (Å²) in [6.45, 7) is 0. The molecule has 0 unspecified atom stereocenters. The molecule has 0 saturated heterocycles. The van der Waals surface area contributed by atoms with Crippen molar-refractivity contribution in [1.82, 2.24) is 0 Å². The molecule has 0 radical (unpaired) electrons. The highest BCUT2D eigenvalue weighted by atomic mass is 79.9. The summed E-state index contributed by atoms with van der Waals surface area (Å²) < 4.78 is 6.04. The first-order chi connectivity index (χ1) is 8.60. The molecule has 0 atom stereocenters. The van der Waals surface area contributed by atoms with Crippen molar-refractivity contribution in [2.24, 2.45) is 0 Å². The number of ether oxygens (including phenoxy) is 1. The Hall–Kier alpha value is -1.39. The van der Waals surface area contributed by atoms with Crippen molar-refractivity contribution in [3.63, 3.8) is 0 Å². The SMILES string of the molecule is COc1ccc(N)c(Nc2ccc(Cl)cc2Br)c1. The molecule has 0 aliphatic carbocycles. The van der Waals surface area contributed by atoms with Crippen molar-refractivity contribution < 1.29 is 4.74 Å². The van der Waals surface area contributed by atoms with Gasteiger partial charge in [-0.25, -0.2) is 0 Å². The predicted octanol–water partition coefficient (Wildman–Crippen LogP) is 4.44. The van der Waals surface area contributed by atoms with Crippen LogP contribution in [-0.2, 0) is 0 Å². The number of nitrogen functional groups attached to an aromatic ring is 1. The number of nitrogens with one attached hydrogen (secondary N) is 1. The fourth-order valence-corrected chi connectivity index (χ4v) is 2.29. The molecule has 0 aliphatic rings. The zero-order valence-corrected chi connectivity index (χ0v) is 12.0. The van der Waals surface area contributed by atoms with Gasteiger partial charge in [0.05, 0.1) is 24.2 Å². The Morgan fingerprint density at radius 1 is 1.17 bits per heavy atom. The number of hydrogen-bond donors (Lipinski definition) is 2. The number of nitrogens with two attached hydrogens (primary N) is 1. The van der Waals surface area contributed by atoms with Gasteiger partial charge in [-0.15, -0.1) is 0 Å². The number of anilines is 3. The van der Waals surface area contributed by atoms with E-state index in [-0.39, 0.29) is 0 Å². The molecular weight excluding hydrogens is 316 g/mol. The summed E-state index contributed by atoms with van der Waals surface area (Å²) in [4.78, 5) is 0. The molecule has 94 valence electrons. The van der Waals surface area contributed by atoms with Gasteiger partial charge in [0.2, 0.25) is 0 Å². The maximum atomic E-state index is 5.91. The summed E-state index contributed by atoms with van der Waals surface area (Å²) in [5.41, 5.74) is 8.24. The molecule has 0 amide bonds. The van der Waals surface area contributed by atoms with Crippen LogP contribution in [-0.4, -0.2) is 7.11 Å². The standard InChI is InChI=1S/C13H12BrClN2O/c1-18-9-3-4-11(16)13(7-9)17-12-5-2-8(15)6-10(12)14/h2-7,17H,16H2,1H3. The minimum absolute atomic E-state index is 0.651. The lowest BCUT2D eigenvalue weighted by molar-refractivity contribution is 0.415. The second kappa shape index (κ2) is 5.50. The fraction of sp³-hybridized carbons (Fsp3) is 0.0769. The summed E-state index contributed by atoms with van der Waals surface area (Å²) in [6.07, 6.45) is 0. The van der Waals surface area contributed by atoms with E-state index in [1.54, 1.807) is 13.2 Å². The Kier molecular flexibility index (Phi) is 3.99. The lowest BCUT2D eigenvalue weighted by Crippen LogP contribution is -1.97. The van der Waals surface area contributed by atoms with E-state index in [1.165, 1.54) is 0 Å². The molecule has 0 fully saturated rings. The Labute approximate surface area is 119 Å². The molecule has 3 N–H and O–H groups in total. The highest BCUT2D eigenvalue weighted by Crippen LogP contribution is 2.32. The molecule has 0 aliphatic heterocycles. The minimum atomic E-state index is 0.651. The Bertz CT molecular complexity index is 575. The first-order valence-corrected chi connectivity index (χ1v) is 6.43. The van der Waals surface area contributed by atoms with Crippen molar-refractivity contribution in [2.75, 3.05) is 18.2 Å². The average Bonchev–Trinajstić information content (AvgIpc) is 2.35. The number of rotatable bonds is 3. The minimum Gasteiger partial charge on any atom is -0.497 e. The molecule has 0 aromatic heterocycles. The third-order valence-corrected chi connectivity index (χ3v) is 3.35. The largest absolute Gasteiger partial charge is 0.497 e. The molecular formula is C13H12BrClN2O. The molecule has 0 spiro atoms. The van der Waals surface area contributed by atoms with Crippen LogP contribution < -0.4 is 15.8 Å². The smallest absolute Gasteiger partial charge is 0.121 e. The van der Waals surface area contributed by atoms with Crippen molar-refractivity contribution in [3.8, 4) is 5.75 Å². The summed E-state index contributed by atoms with van der Waals surface area (Å²) >= 11 is 9.34. The van der Waals surface area contributed by atoms with E-state index in [0.717, 1.165) is 21.6 Å². The third-order valence-electron chi connectivity index (χ3n) is 2.46. The van der Waals surface area contributed by atoms with Crippen molar-refractivity contribution >= 4 is 44.6 Å². The number of benzene rings is 2. The Morgan fingerprint density at radius 3 is 2.61 bits per heavy atom. The zero-order chi connectivity index (χ0) is 13.1. The Morgan fingerprint density at radius 2 is 1.94 bits per heavy atom. The molecule has 2 aromatic rings. The van der Waals surface area contributed by atoms with Crippen LogP contribution in [0.3, 0.4) is 0 Å². The molecule has 5 heteroatoms. The van der Waals surface area contributed by atoms with Crippen LogP contribution in [0.5, 0.6) is 5.75 Å². The van der Waals surface area contributed by atoms with E-state index in [0.29, 0.717) is 10.7 Å².